The highest BCUT2D eigenvalue weighted by Gasteiger charge is 2.22. The molecule has 0 atom stereocenters. The van der Waals surface area contributed by atoms with Crippen molar-refractivity contribution >= 4 is 5.91 Å². The van der Waals surface area contributed by atoms with Crippen LogP contribution in [0.3, 0.4) is 0 Å². The van der Waals surface area contributed by atoms with Gasteiger partial charge in [0, 0.05) is 31.1 Å². The molecule has 1 amide bonds. The van der Waals surface area contributed by atoms with Crippen molar-refractivity contribution in [3.05, 3.63) is 29.8 Å². The summed E-state index contributed by atoms with van der Waals surface area (Å²) in [5, 5.41) is 6.22. The number of ether oxygens (including phenoxy) is 1. The van der Waals surface area contributed by atoms with Crippen molar-refractivity contribution in [3.8, 4) is 18.1 Å². The second-order valence-electron chi connectivity index (χ2n) is 4.87. The smallest absolute Gasteiger partial charge is 0.221 e. The number of hydrogen-bond donors (Lipinski definition) is 2. The molecule has 1 aliphatic carbocycles. The molecule has 1 saturated carbocycles. The summed E-state index contributed by atoms with van der Waals surface area (Å²) in [7, 11) is 0. The van der Waals surface area contributed by atoms with E-state index in [0.29, 0.717) is 25.6 Å². The third-order valence-corrected chi connectivity index (χ3v) is 3.07. The van der Waals surface area contributed by atoms with Crippen molar-refractivity contribution in [2.75, 3.05) is 13.2 Å². The van der Waals surface area contributed by atoms with E-state index in [1.165, 1.54) is 0 Å². The van der Waals surface area contributed by atoms with Gasteiger partial charge in [0.15, 0.2) is 0 Å². The molecule has 20 heavy (non-hydrogen) atoms. The average Bonchev–Trinajstić information content (AvgIpc) is 3.26. The maximum atomic E-state index is 11.5. The van der Waals surface area contributed by atoms with Crippen LogP contribution in [-0.4, -0.2) is 25.1 Å². The number of nitrogens with one attached hydrogen (secondary N) is 2. The molecule has 4 nitrogen and oxygen atoms in total. The summed E-state index contributed by atoms with van der Waals surface area (Å²) in [6, 6.07) is 8.19. The zero-order valence-corrected chi connectivity index (χ0v) is 11.5. The van der Waals surface area contributed by atoms with Crippen LogP contribution in [0, 0.1) is 12.3 Å². The Hall–Kier alpha value is -1.99. The van der Waals surface area contributed by atoms with Crippen molar-refractivity contribution in [2.45, 2.75) is 31.8 Å². The standard InChI is InChI=1S/C16H20N2O2/c1-2-11-20-15-6-4-3-5-13(15)12-17-10-9-16(19)18-14-7-8-14/h1,3-6,14,17H,7-12H2,(H,18,19). The minimum atomic E-state index is 0.122. The topological polar surface area (TPSA) is 50.4 Å². The Labute approximate surface area is 119 Å². The molecule has 0 spiro atoms. The Kier molecular flexibility index (Phi) is 5.45. The maximum absolute atomic E-state index is 11.5. The number of hydrogen-bond acceptors (Lipinski definition) is 3. The molecular formula is C16H20N2O2. The number of carbonyl (C=O) groups excluding carboxylic acids is 1. The molecule has 1 aromatic rings. The molecule has 0 aromatic heterocycles. The molecule has 0 radical (unpaired) electrons. The fraction of sp³-hybridized carbons (Fsp3) is 0.438. The Bertz CT molecular complexity index is 489. The van der Waals surface area contributed by atoms with E-state index in [1.807, 2.05) is 24.3 Å². The SMILES string of the molecule is C#CCOc1ccccc1CNCCC(=O)NC1CC1. The average molecular weight is 272 g/mol. The second-order valence-corrected chi connectivity index (χ2v) is 4.87. The highest BCUT2D eigenvalue weighted by Crippen LogP contribution is 2.19. The fourth-order valence-corrected chi connectivity index (χ4v) is 1.86. The van der Waals surface area contributed by atoms with Gasteiger partial charge in [0.25, 0.3) is 0 Å². The number of amides is 1. The first-order valence-corrected chi connectivity index (χ1v) is 6.94. The van der Waals surface area contributed by atoms with Gasteiger partial charge in [-0.3, -0.25) is 4.79 Å². The Balaban J connectivity index is 1.70. The quantitative estimate of drug-likeness (QED) is 0.556. The first-order chi connectivity index (χ1) is 9.79. The van der Waals surface area contributed by atoms with Gasteiger partial charge in [-0.15, -0.1) is 6.42 Å². The van der Waals surface area contributed by atoms with Gasteiger partial charge in [-0.25, -0.2) is 0 Å². The molecular weight excluding hydrogens is 252 g/mol. The van der Waals surface area contributed by atoms with E-state index in [1.54, 1.807) is 0 Å². The van der Waals surface area contributed by atoms with Gasteiger partial charge in [0.1, 0.15) is 12.4 Å². The third-order valence-electron chi connectivity index (χ3n) is 3.07. The van der Waals surface area contributed by atoms with E-state index < -0.39 is 0 Å². The summed E-state index contributed by atoms with van der Waals surface area (Å²) >= 11 is 0. The van der Waals surface area contributed by atoms with E-state index in [9.17, 15) is 4.79 Å². The lowest BCUT2D eigenvalue weighted by Crippen LogP contribution is -2.29. The van der Waals surface area contributed by atoms with Crippen LogP contribution in [0.4, 0.5) is 0 Å². The summed E-state index contributed by atoms with van der Waals surface area (Å²) in [5.74, 6) is 3.37. The van der Waals surface area contributed by atoms with Crippen LogP contribution in [0.2, 0.25) is 0 Å². The summed E-state index contributed by atoms with van der Waals surface area (Å²) < 4.78 is 5.47. The zero-order valence-electron chi connectivity index (χ0n) is 11.5. The van der Waals surface area contributed by atoms with Gasteiger partial charge >= 0.3 is 0 Å². The molecule has 0 saturated heterocycles. The lowest BCUT2D eigenvalue weighted by atomic mass is 10.2. The molecule has 1 aliphatic rings. The first kappa shape index (κ1) is 14.4. The maximum Gasteiger partial charge on any atom is 0.221 e. The van der Waals surface area contributed by atoms with Gasteiger partial charge in [-0.1, -0.05) is 24.1 Å². The van der Waals surface area contributed by atoms with Gasteiger partial charge in [0.2, 0.25) is 5.91 Å². The first-order valence-electron chi connectivity index (χ1n) is 6.94. The molecule has 2 N–H and O–H groups in total. The van der Waals surface area contributed by atoms with E-state index >= 15 is 0 Å². The summed E-state index contributed by atoms with van der Waals surface area (Å²) in [5.41, 5.74) is 1.05. The molecule has 4 heteroatoms. The lowest BCUT2D eigenvalue weighted by Gasteiger charge is -2.10. The van der Waals surface area contributed by atoms with Crippen molar-refractivity contribution in [2.24, 2.45) is 0 Å². The summed E-state index contributed by atoms with van der Waals surface area (Å²) in [6.45, 7) is 1.58. The number of rotatable bonds is 8. The van der Waals surface area contributed by atoms with E-state index in [0.717, 1.165) is 24.2 Å². The zero-order chi connectivity index (χ0) is 14.2. The van der Waals surface area contributed by atoms with Crippen LogP contribution in [0.15, 0.2) is 24.3 Å². The predicted molar refractivity (Wildman–Crippen MR) is 78.3 cm³/mol. The number of terminal acetylenes is 1. The Morgan fingerprint density at radius 2 is 2.20 bits per heavy atom. The van der Waals surface area contributed by atoms with Crippen LogP contribution in [0.1, 0.15) is 24.8 Å². The predicted octanol–water partition coefficient (Wildman–Crippen LogP) is 1.46. The van der Waals surface area contributed by atoms with Crippen molar-refractivity contribution < 1.29 is 9.53 Å². The normalized spacial score (nSPS) is 13.6. The molecule has 0 heterocycles. The summed E-state index contributed by atoms with van der Waals surface area (Å²) in [4.78, 5) is 11.5. The van der Waals surface area contributed by atoms with Crippen LogP contribution < -0.4 is 15.4 Å². The van der Waals surface area contributed by atoms with Crippen molar-refractivity contribution in [1.29, 1.82) is 0 Å². The van der Waals surface area contributed by atoms with Crippen LogP contribution >= 0.6 is 0 Å². The summed E-state index contributed by atoms with van der Waals surface area (Å²) in [6.07, 6.45) is 7.94. The van der Waals surface area contributed by atoms with Crippen molar-refractivity contribution in [1.82, 2.24) is 10.6 Å². The van der Waals surface area contributed by atoms with E-state index in [-0.39, 0.29) is 12.5 Å². The number of benzene rings is 1. The molecule has 2 rings (SSSR count). The van der Waals surface area contributed by atoms with Gasteiger partial charge in [-0.05, 0) is 18.9 Å². The van der Waals surface area contributed by atoms with E-state index in [4.69, 9.17) is 11.2 Å². The Morgan fingerprint density at radius 3 is 2.95 bits per heavy atom. The largest absolute Gasteiger partial charge is 0.481 e. The van der Waals surface area contributed by atoms with Gasteiger partial charge in [-0.2, -0.15) is 0 Å². The lowest BCUT2D eigenvalue weighted by molar-refractivity contribution is -0.121. The highest BCUT2D eigenvalue weighted by molar-refractivity contribution is 5.76. The second kappa shape index (κ2) is 7.56. The third kappa shape index (κ3) is 4.94. The van der Waals surface area contributed by atoms with Crippen LogP contribution in [-0.2, 0) is 11.3 Å². The van der Waals surface area contributed by atoms with Gasteiger partial charge in [0.05, 0.1) is 0 Å². The van der Waals surface area contributed by atoms with E-state index in [2.05, 4.69) is 16.6 Å². The van der Waals surface area contributed by atoms with Crippen LogP contribution in [0.5, 0.6) is 5.75 Å². The Morgan fingerprint density at radius 1 is 1.40 bits per heavy atom. The minimum Gasteiger partial charge on any atom is -0.481 e. The van der Waals surface area contributed by atoms with Crippen molar-refractivity contribution in [3.63, 3.8) is 0 Å². The molecule has 0 bridgehead atoms. The number of para-hydroxylation sites is 1. The van der Waals surface area contributed by atoms with Gasteiger partial charge < -0.3 is 15.4 Å². The number of carbonyl (C=O) groups is 1. The highest BCUT2D eigenvalue weighted by atomic mass is 16.5. The fourth-order valence-electron chi connectivity index (χ4n) is 1.86. The minimum absolute atomic E-state index is 0.122. The molecule has 0 aliphatic heterocycles. The molecule has 1 fully saturated rings. The monoisotopic (exact) mass is 272 g/mol. The molecule has 1 aromatic carbocycles. The van der Waals surface area contributed by atoms with Crippen LogP contribution in [0.25, 0.3) is 0 Å². The molecule has 0 unspecified atom stereocenters. The molecule has 106 valence electrons.